The highest BCUT2D eigenvalue weighted by atomic mass is 16.6. The van der Waals surface area contributed by atoms with Crippen LogP contribution in [0.4, 0.5) is 4.79 Å². The number of rotatable bonds is 2. The van der Waals surface area contributed by atoms with Gasteiger partial charge in [-0.05, 0) is 37.8 Å². The van der Waals surface area contributed by atoms with Crippen LogP contribution in [0, 0.1) is 5.92 Å². The zero-order valence-electron chi connectivity index (χ0n) is 14.6. The summed E-state index contributed by atoms with van der Waals surface area (Å²) in [6.45, 7) is 1.93. The van der Waals surface area contributed by atoms with E-state index in [1.54, 1.807) is 0 Å². The summed E-state index contributed by atoms with van der Waals surface area (Å²) in [6, 6.07) is 10.2. The molecule has 136 valence electrons. The van der Waals surface area contributed by atoms with Gasteiger partial charge in [0.25, 0.3) is 0 Å². The van der Waals surface area contributed by atoms with E-state index in [2.05, 4.69) is 17.4 Å². The normalized spacial score (nSPS) is 28.8. The number of carbonyl (C=O) groups is 2. The smallest absolute Gasteiger partial charge is 0.407 e. The second kappa shape index (κ2) is 5.76. The fourth-order valence-corrected chi connectivity index (χ4v) is 4.62. The van der Waals surface area contributed by atoms with Gasteiger partial charge in [-0.25, -0.2) is 4.79 Å². The number of para-hydroxylation sites is 1. The molecule has 26 heavy (non-hydrogen) atoms. The van der Waals surface area contributed by atoms with Gasteiger partial charge in [-0.3, -0.25) is 4.79 Å². The molecule has 0 bridgehead atoms. The lowest BCUT2D eigenvalue weighted by atomic mass is 9.68. The van der Waals surface area contributed by atoms with Crippen LogP contribution in [0.1, 0.15) is 37.4 Å². The minimum atomic E-state index is -0.359. The van der Waals surface area contributed by atoms with Crippen molar-refractivity contribution < 1.29 is 18.7 Å². The third kappa shape index (κ3) is 2.55. The lowest BCUT2D eigenvalue weighted by Gasteiger charge is -2.44. The number of hydrogen-bond acceptors (Lipinski definition) is 4. The van der Waals surface area contributed by atoms with Gasteiger partial charge in [0, 0.05) is 30.3 Å². The number of nitrogens with one attached hydrogen (secondary N) is 1. The van der Waals surface area contributed by atoms with Gasteiger partial charge in [0.2, 0.25) is 5.91 Å². The summed E-state index contributed by atoms with van der Waals surface area (Å²) in [5, 5.41) is 3.99. The highest BCUT2D eigenvalue weighted by Crippen LogP contribution is 2.42. The Balaban J connectivity index is 1.18. The van der Waals surface area contributed by atoms with Crippen LogP contribution in [-0.2, 0) is 9.53 Å². The molecule has 1 aliphatic carbocycles. The van der Waals surface area contributed by atoms with Gasteiger partial charge in [0.1, 0.15) is 18.0 Å². The molecule has 1 aromatic heterocycles. The molecule has 1 saturated carbocycles. The second-order valence-corrected chi connectivity index (χ2v) is 7.87. The molecule has 2 saturated heterocycles. The van der Waals surface area contributed by atoms with Gasteiger partial charge < -0.3 is 19.4 Å². The first-order valence-corrected chi connectivity index (χ1v) is 9.34. The Morgan fingerprint density at radius 3 is 2.65 bits per heavy atom. The number of fused-ring (bicyclic) bond motifs is 1. The molecule has 5 rings (SSSR count). The topological polar surface area (TPSA) is 71.8 Å². The van der Waals surface area contributed by atoms with Crippen LogP contribution in [-0.4, -0.2) is 42.1 Å². The maximum atomic E-state index is 12.7. The Kier molecular flexibility index (Phi) is 3.48. The standard InChI is InChI=1S/C20H22N2O4/c23-18(15-10-20(11-15)12-25-19(24)21-20)22-7-5-13(6-8-22)17-9-14-3-1-2-4-16(14)26-17/h1-4,9,13,15H,5-8,10-12H2,(H,21,24)/t15-,20+. The molecule has 3 heterocycles. The molecule has 0 radical (unpaired) electrons. The number of piperidine rings is 1. The van der Waals surface area contributed by atoms with Crippen LogP contribution in [0.15, 0.2) is 34.7 Å². The number of hydrogen-bond donors (Lipinski definition) is 1. The molecule has 6 nitrogen and oxygen atoms in total. The number of amides is 2. The van der Waals surface area contributed by atoms with Gasteiger partial charge in [0.15, 0.2) is 0 Å². The van der Waals surface area contributed by atoms with Crippen LogP contribution in [0.3, 0.4) is 0 Å². The Labute approximate surface area is 151 Å². The first-order chi connectivity index (χ1) is 12.6. The number of alkyl carbamates (subject to hydrolysis) is 1. The fourth-order valence-electron chi connectivity index (χ4n) is 4.62. The Morgan fingerprint density at radius 1 is 1.19 bits per heavy atom. The van der Waals surface area contributed by atoms with Gasteiger partial charge in [-0.1, -0.05) is 18.2 Å². The summed E-state index contributed by atoms with van der Waals surface area (Å²) >= 11 is 0. The zero-order chi connectivity index (χ0) is 17.7. The highest BCUT2D eigenvalue weighted by Gasteiger charge is 2.53. The molecular weight excluding hydrogens is 332 g/mol. The summed E-state index contributed by atoms with van der Waals surface area (Å²) in [5.41, 5.74) is 0.644. The van der Waals surface area contributed by atoms with E-state index in [1.807, 2.05) is 23.1 Å². The van der Waals surface area contributed by atoms with E-state index in [0.29, 0.717) is 25.4 Å². The second-order valence-electron chi connectivity index (χ2n) is 7.87. The zero-order valence-corrected chi connectivity index (χ0v) is 14.6. The SMILES string of the molecule is O=C1N[C@]2(CO1)C[C@H](C(=O)N1CCC(c3cc4ccccc4o3)CC1)C2. The van der Waals surface area contributed by atoms with Crippen molar-refractivity contribution in [2.75, 3.05) is 19.7 Å². The van der Waals surface area contributed by atoms with E-state index in [9.17, 15) is 9.59 Å². The molecule has 2 amide bonds. The van der Waals surface area contributed by atoms with E-state index >= 15 is 0 Å². The lowest BCUT2D eigenvalue weighted by molar-refractivity contribution is -0.142. The van der Waals surface area contributed by atoms with Gasteiger partial charge in [-0.15, -0.1) is 0 Å². The Bertz CT molecular complexity index is 827. The van der Waals surface area contributed by atoms with Crippen molar-refractivity contribution in [3.8, 4) is 0 Å². The monoisotopic (exact) mass is 354 g/mol. The van der Waals surface area contributed by atoms with Crippen LogP contribution in [0.2, 0.25) is 0 Å². The molecule has 0 atom stereocenters. The van der Waals surface area contributed by atoms with Crippen molar-refractivity contribution >= 4 is 23.0 Å². The van der Waals surface area contributed by atoms with Crippen molar-refractivity contribution in [1.82, 2.24) is 10.2 Å². The molecule has 2 aromatic rings. The van der Waals surface area contributed by atoms with Crippen LogP contribution in [0.5, 0.6) is 0 Å². The minimum absolute atomic E-state index is 0.0137. The molecule has 3 fully saturated rings. The lowest BCUT2D eigenvalue weighted by Crippen LogP contribution is -2.58. The van der Waals surface area contributed by atoms with E-state index in [-0.39, 0.29) is 23.5 Å². The van der Waals surface area contributed by atoms with E-state index in [4.69, 9.17) is 9.15 Å². The summed E-state index contributed by atoms with van der Waals surface area (Å²) in [4.78, 5) is 25.9. The van der Waals surface area contributed by atoms with Crippen molar-refractivity contribution in [1.29, 1.82) is 0 Å². The Hall–Kier alpha value is -2.50. The molecule has 1 N–H and O–H groups in total. The number of carbonyl (C=O) groups excluding carboxylic acids is 2. The number of likely N-dealkylation sites (tertiary alicyclic amines) is 1. The predicted molar refractivity (Wildman–Crippen MR) is 94.7 cm³/mol. The van der Waals surface area contributed by atoms with Crippen molar-refractivity contribution in [3.05, 3.63) is 36.1 Å². The number of benzene rings is 1. The minimum Gasteiger partial charge on any atom is -0.461 e. The predicted octanol–water partition coefficient (Wildman–Crippen LogP) is 3.03. The van der Waals surface area contributed by atoms with Crippen LogP contribution >= 0.6 is 0 Å². The first-order valence-electron chi connectivity index (χ1n) is 9.34. The first kappa shape index (κ1) is 15.7. The number of nitrogens with zero attached hydrogens (tertiary/aromatic N) is 1. The van der Waals surface area contributed by atoms with E-state index < -0.39 is 0 Å². The maximum Gasteiger partial charge on any atom is 0.407 e. The van der Waals surface area contributed by atoms with Crippen LogP contribution < -0.4 is 5.32 Å². The fraction of sp³-hybridized carbons (Fsp3) is 0.500. The molecule has 6 heteroatoms. The average molecular weight is 354 g/mol. The average Bonchev–Trinajstić information content (AvgIpc) is 3.23. The van der Waals surface area contributed by atoms with Crippen molar-refractivity contribution in [2.45, 2.75) is 37.1 Å². The maximum absolute atomic E-state index is 12.7. The summed E-state index contributed by atoms with van der Waals surface area (Å²) in [7, 11) is 0. The highest BCUT2D eigenvalue weighted by molar-refractivity contribution is 5.82. The van der Waals surface area contributed by atoms with E-state index in [0.717, 1.165) is 42.7 Å². The molecule has 3 aliphatic rings. The molecular formula is C20H22N2O4. The number of cyclic esters (lactones) is 1. The third-order valence-corrected chi connectivity index (χ3v) is 6.12. The largest absolute Gasteiger partial charge is 0.461 e. The Morgan fingerprint density at radius 2 is 1.96 bits per heavy atom. The molecule has 2 aliphatic heterocycles. The summed E-state index contributed by atoms with van der Waals surface area (Å²) in [5.74, 6) is 1.65. The molecule has 1 aromatic carbocycles. The molecule has 1 spiro atoms. The molecule has 0 unspecified atom stereocenters. The van der Waals surface area contributed by atoms with Gasteiger partial charge in [-0.2, -0.15) is 0 Å². The van der Waals surface area contributed by atoms with Gasteiger partial charge >= 0.3 is 6.09 Å². The van der Waals surface area contributed by atoms with Gasteiger partial charge in [0.05, 0.1) is 5.54 Å². The van der Waals surface area contributed by atoms with Crippen molar-refractivity contribution in [3.63, 3.8) is 0 Å². The quantitative estimate of drug-likeness (QED) is 0.900. The van der Waals surface area contributed by atoms with Crippen molar-refractivity contribution in [2.24, 2.45) is 5.92 Å². The third-order valence-electron chi connectivity index (χ3n) is 6.12. The van der Waals surface area contributed by atoms with Crippen LogP contribution in [0.25, 0.3) is 11.0 Å². The summed E-state index contributed by atoms with van der Waals surface area (Å²) < 4.78 is 11.0. The van der Waals surface area contributed by atoms with E-state index in [1.165, 1.54) is 0 Å². The summed E-state index contributed by atoms with van der Waals surface area (Å²) in [6.07, 6.45) is 2.90. The number of furan rings is 1. The number of ether oxygens (including phenoxy) is 1.